The third kappa shape index (κ3) is 2.64. The van der Waals surface area contributed by atoms with Crippen LogP contribution in [0.1, 0.15) is 27.7 Å². The topological polar surface area (TPSA) is 30.5 Å². The van der Waals surface area contributed by atoms with Crippen LogP contribution in [0.3, 0.4) is 0 Å². The van der Waals surface area contributed by atoms with Crippen molar-refractivity contribution in [3.05, 3.63) is 24.9 Å². The molecule has 0 aromatic carbocycles. The zero-order chi connectivity index (χ0) is 11.7. The van der Waals surface area contributed by atoms with E-state index in [1.54, 1.807) is 6.08 Å². The normalized spacial score (nSPS) is 22.5. The summed E-state index contributed by atoms with van der Waals surface area (Å²) in [6.45, 7) is 15.5. The van der Waals surface area contributed by atoms with E-state index >= 15 is 0 Å². The van der Waals surface area contributed by atoms with Gasteiger partial charge >= 0.3 is 7.12 Å². The maximum atomic E-state index is 5.80. The van der Waals surface area contributed by atoms with Crippen molar-refractivity contribution in [3.8, 4) is 0 Å². The first-order chi connectivity index (χ1) is 6.78. The average molecular weight is 209 g/mol. The summed E-state index contributed by atoms with van der Waals surface area (Å²) >= 11 is 0. The molecular formula is C11H20BNO2. The Bertz CT molecular complexity index is 258. The van der Waals surface area contributed by atoms with Gasteiger partial charge in [0.1, 0.15) is 0 Å². The molecular weight excluding hydrogens is 189 g/mol. The number of allylic oxidation sites excluding steroid dienone is 1. The number of rotatable bonds is 4. The summed E-state index contributed by atoms with van der Waals surface area (Å²) in [5, 5.41) is 3.09. The van der Waals surface area contributed by atoms with Crippen LogP contribution in [-0.4, -0.2) is 24.8 Å². The van der Waals surface area contributed by atoms with Gasteiger partial charge in [0.15, 0.2) is 0 Å². The van der Waals surface area contributed by atoms with E-state index in [4.69, 9.17) is 9.31 Å². The Hall–Kier alpha value is -0.735. The minimum absolute atomic E-state index is 0.230. The minimum atomic E-state index is -0.269. The second kappa shape index (κ2) is 4.03. The van der Waals surface area contributed by atoms with E-state index in [0.717, 1.165) is 5.70 Å². The van der Waals surface area contributed by atoms with Gasteiger partial charge in [-0.25, -0.2) is 0 Å². The Labute approximate surface area is 92.7 Å². The van der Waals surface area contributed by atoms with Crippen LogP contribution in [0.5, 0.6) is 0 Å². The second-order valence-electron chi connectivity index (χ2n) is 4.80. The van der Waals surface area contributed by atoms with Crippen molar-refractivity contribution in [2.45, 2.75) is 38.9 Å². The summed E-state index contributed by atoms with van der Waals surface area (Å²) < 4.78 is 11.6. The maximum Gasteiger partial charge on any atom is 0.478 e. The molecule has 0 saturated carbocycles. The van der Waals surface area contributed by atoms with Gasteiger partial charge in [-0.2, -0.15) is 0 Å². The summed E-state index contributed by atoms with van der Waals surface area (Å²) in [4.78, 5) is 0. The second-order valence-corrected chi connectivity index (χ2v) is 4.80. The van der Waals surface area contributed by atoms with Gasteiger partial charge in [-0.05, 0) is 33.8 Å². The molecule has 84 valence electrons. The van der Waals surface area contributed by atoms with Crippen LogP contribution in [0.2, 0.25) is 0 Å². The number of hydrogen-bond donors (Lipinski definition) is 1. The Morgan fingerprint density at radius 1 is 1.27 bits per heavy atom. The molecule has 1 heterocycles. The van der Waals surface area contributed by atoms with Crippen molar-refractivity contribution >= 4 is 7.12 Å². The smallest absolute Gasteiger partial charge is 0.402 e. The molecule has 15 heavy (non-hydrogen) atoms. The molecule has 3 nitrogen and oxygen atoms in total. The van der Waals surface area contributed by atoms with Crippen molar-refractivity contribution < 1.29 is 9.31 Å². The zero-order valence-corrected chi connectivity index (χ0v) is 10.1. The zero-order valence-electron chi connectivity index (χ0n) is 10.1. The molecule has 0 aromatic heterocycles. The van der Waals surface area contributed by atoms with Crippen molar-refractivity contribution in [1.29, 1.82) is 0 Å². The minimum Gasteiger partial charge on any atom is -0.402 e. The van der Waals surface area contributed by atoms with Crippen LogP contribution >= 0.6 is 0 Å². The molecule has 1 rings (SSSR count). The van der Waals surface area contributed by atoms with Gasteiger partial charge in [0.05, 0.1) is 17.6 Å². The van der Waals surface area contributed by atoms with Gasteiger partial charge in [-0.1, -0.05) is 13.2 Å². The van der Waals surface area contributed by atoms with Gasteiger partial charge in [0, 0.05) is 5.70 Å². The Kier molecular flexibility index (Phi) is 3.31. The fourth-order valence-electron chi connectivity index (χ4n) is 1.34. The van der Waals surface area contributed by atoms with Crippen molar-refractivity contribution in [2.75, 3.05) is 6.44 Å². The molecule has 0 spiro atoms. The first-order valence-electron chi connectivity index (χ1n) is 5.19. The van der Waals surface area contributed by atoms with Gasteiger partial charge in [0.25, 0.3) is 0 Å². The molecule has 0 radical (unpaired) electrons. The summed E-state index contributed by atoms with van der Waals surface area (Å²) in [7, 11) is -0.230. The molecule has 0 atom stereocenters. The lowest BCUT2D eigenvalue weighted by atomic mass is 9.90. The van der Waals surface area contributed by atoms with Gasteiger partial charge < -0.3 is 14.6 Å². The summed E-state index contributed by atoms with van der Waals surface area (Å²) in [5.74, 6) is 0. The molecule has 0 bridgehead atoms. The van der Waals surface area contributed by atoms with Crippen LogP contribution in [0.25, 0.3) is 0 Å². The van der Waals surface area contributed by atoms with Crippen LogP contribution in [0, 0.1) is 0 Å². The van der Waals surface area contributed by atoms with Gasteiger partial charge in [0.2, 0.25) is 0 Å². The quantitative estimate of drug-likeness (QED) is 0.566. The third-order valence-electron chi connectivity index (χ3n) is 3.04. The lowest BCUT2D eigenvalue weighted by molar-refractivity contribution is 0.00578. The molecule has 0 aliphatic carbocycles. The fraction of sp³-hybridized carbons (Fsp3) is 0.636. The van der Waals surface area contributed by atoms with Gasteiger partial charge in [-0.3, -0.25) is 0 Å². The van der Waals surface area contributed by atoms with E-state index < -0.39 is 0 Å². The van der Waals surface area contributed by atoms with Crippen LogP contribution in [0.15, 0.2) is 24.9 Å². The van der Waals surface area contributed by atoms with E-state index in [1.165, 1.54) is 0 Å². The predicted octanol–water partition coefficient (Wildman–Crippen LogP) is 1.91. The highest BCUT2D eigenvalue weighted by Gasteiger charge is 2.50. The molecule has 0 amide bonds. The summed E-state index contributed by atoms with van der Waals surface area (Å²) in [6.07, 6.45) is 2.27. The third-order valence-corrected chi connectivity index (χ3v) is 3.04. The number of hydrogen-bond acceptors (Lipinski definition) is 3. The Morgan fingerprint density at radius 2 is 1.73 bits per heavy atom. The Balaban J connectivity index is 2.49. The monoisotopic (exact) mass is 209 g/mol. The highest BCUT2D eigenvalue weighted by atomic mass is 16.7. The summed E-state index contributed by atoms with van der Waals surface area (Å²) in [6, 6.07) is 0. The van der Waals surface area contributed by atoms with Crippen molar-refractivity contribution in [2.24, 2.45) is 0 Å². The fourth-order valence-corrected chi connectivity index (χ4v) is 1.34. The lowest BCUT2D eigenvalue weighted by Crippen LogP contribution is -2.41. The first kappa shape index (κ1) is 12.3. The molecule has 1 fully saturated rings. The molecule has 1 aliphatic heterocycles. The molecule has 1 saturated heterocycles. The average Bonchev–Trinajstić information content (AvgIpc) is 2.31. The SMILES string of the molecule is C=CC(=C)NCB1OC(C)(C)C(C)(C)O1. The van der Waals surface area contributed by atoms with Gasteiger partial charge in [-0.15, -0.1) is 0 Å². The van der Waals surface area contributed by atoms with E-state index in [1.807, 2.05) is 27.7 Å². The van der Waals surface area contributed by atoms with Crippen LogP contribution in [0.4, 0.5) is 0 Å². The van der Waals surface area contributed by atoms with E-state index in [9.17, 15) is 0 Å². The molecule has 0 unspecified atom stereocenters. The predicted molar refractivity (Wildman–Crippen MR) is 63.4 cm³/mol. The van der Waals surface area contributed by atoms with Crippen LogP contribution in [-0.2, 0) is 9.31 Å². The first-order valence-corrected chi connectivity index (χ1v) is 5.19. The molecule has 4 heteroatoms. The summed E-state index contributed by atoms with van der Waals surface area (Å²) in [5.41, 5.74) is 0.244. The maximum absolute atomic E-state index is 5.80. The highest BCUT2D eigenvalue weighted by molar-refractivity contribution is 6.45. The molecule has 1 N–H and O–H groups in total. The van der Waals surface area contributed by atoms with Crippen molar-refractivity contribution in [1.82, 2.24) is 5.32 Å². The van der Waals surface area contributed by atoms with Crippen molar-refractivity contribution in [3.63, 3.8) is 0 Å². The highest BCUT2D eigenvalue weighted by Crippen LogP contribution is 2.36. The molecule has 0 aromatic rings. The lowest BCUT2D eigenvalue weighted by Gasteiger charge is -2.32. The van der Waals surface area contributed by atoms with E-state index in [-0.39, 0.29) is 18.3 Å². The Morgan fingerprint density at radius 3 is 2.13 bits per heavy atom. The van der Waals surface area contributed by atoms with E-state index in [2.05, 4.69) is 18.5 Å². The largest absolute Gasteiger partial charge is 0.478 e. The van der Waals surface area contributed by atoms with E-state index in [0.29, 0.717) is 6.44 Å². The number of nitrogens with one attached hydrogen (secondary N) is 1. The molecule has 1 aliphatic rings. The van der Waals surface area contributed by atoms with Crippen LogP contribution < -0.4 is 5.32 Å². The standard InChI is InChI=1S/C11H20BNO2/c1-7-9(2)13-8-12-14-10(3,4)11(5,6)15-12/h7,13H,1-2,8H2,3-6H3.